The Morgan fingerprint density at radius 3 is 2.46 bits per heavy atom. The maximum Gasteiger partial charge on any atom is 0.434 e. The van der Waals surface area contributed by atoms with Crippen LogP contribution in [0.2, 0.25) is 5.02 Å². The van der Waals surface area contributed by atoms with Crippen molar-refractivity contribution in [3.8, 4) is 0 Å². The Balaban J connectivity index is 3.32. The summed E-state index contributed by atoms with van der Waals surface area (Å²) in [5.41, 5.74) is -1.77. The van der Waals surface area contributed by atoms with Crippen molar-refractivity contribution in [3.05, 3.63) is 22.7 Å². The average molecular weight is 211 g/mol. The lowest BCUT2D eigenvalue weighted by Crippen LogP contribution is -2.10. The van der Waals surface area contributed by atoms with Crippen LogP contribution in [0.25, 0.3) is 0 Å². The number of carbonyl (C=O) groups is 1. The highest BCUT2D eigenvalue weighted by molar-refractivity contribution is 6.33. The van der Waals surface area contributed by atoms with Gasteiger partial charge in [0.05, 0.1) is 0 Å². The molecule has 3 nitrogen and oxygen atoms in total. The second kappa shape index (κ2) is 3.29. The van der Waals surface area contributed by atoms with E-state index in [4.69, 9.17) is 11.6 Å². The summed E-state index contributed by atoms with van der Waals surface area (Å²) in [4.78, 5) is 16.4. The van der Waals surface area contributed by atoms with E-state index >= 15 is 0 Å². The summed E-state index contributed by atoms with van der Waals surface area (Å²) in [6.45, 7) is 0. The minimum absolute atomic E-state index is 0.138. The molecule has 0 aliphatic heterocycles. The molecule has 0 fully saturated rings. The normalized spacial score (nSPS) is 11.4. The molecule has 0 saturated heterocycles. The van der Waals surface area contributed by atoms with E-state index in [1.807, 2.05) is 0 Å². The molecule has 0 aliphatic carbocycles. The molecule has 0 radical (unpaired) electrons. The van der Waals surface area contributed by atoms with Crippen LogP contribution in [0.4, 0.5) is 13.2 Å². The third kappa shape index (κ3) is 1.95. The van der Waals surface area contributed by atoms with Gasteiger partial charge in [0.25, 0.3) is 0 Å². The second-order valence-electron chi connectivity index (χ2n) is 2.04. The van der Waals surface area contributed by atoms with Gasteiger partial charge < -0.3 is 0 Å². The molecule has 7 heteroatoms. The summed E-state index contributed by atoms with van der Waals surface area (Å²) in [6, 6.07) is 0. The number of carbonyl (C=O) groups excluding carboxylic acids is 1. The van der Waals surface area contributed by atoms with Gasteiger partial charge in [0.15, 0.2) is 12.0 Å². The molecule has 1 rings (SSSR count). The van der Waals surface area contributed by atoms with Crippen LogP contribution >= 0.6 is 11.6 Å². The second-order valence-corrected chi connectivity index (χ2v) is 2.42. The topological polar surface area (TPSA) is 42.9 Å². The maximum absolute atomic E-state index is 12.1. The van der Waals surface area contributed by atoms with Crippen LogP contribution < -0.4 is 0 Å². The largest absolute Gasteiger partial charge is 0.434 e. The Kier molecular flexibility index (Phi) is 2.51. The molecule has 0 unspecified atom stereocenters. The van der Waals surface area contributed by atoms with Crippen molar-refractivity contribution in [1.29, 1.82) is 0 Å². The zero-order valence-corrected chi connectivity index (χ0v) is 6.73. The number of nitrogens with zero attached hydrogens (tertiary/aromatic N) is 2. The van der Waals surface area contributed by atoms with Gasteiger partial charge in [0.2, 0.25) is 0 Å². The van der Waals surface area contributed by atoms with Crippen molar-refractivity contribution in [3.63, 3.8) is 0 Å². The zero-order valence-electron chi connectivity index (χ0n) is 5.97. The molecule has 1 aromatic heterocycles. The fourth-order valence-corrected chi connectivity index (χ4v) is 0.913. The molecular formula is C6H2ClF3N2O. The number of hydrogen-bond donors (Lipinski definition) is 0. The highest BCUT2D eigenvalue weighted by Crippen LogP contribution is 2.33. The highest BCUT2D eigenvalue weighted by Gasteiger charge is 2.36. The van der Waals surface area contributed by atoms with Crippen molar-refractivity contribution in [1.82, 2.24) is 9.97 Å². The fraction of sp³-hybridized carbons (Fsp3) is 0.167. The Morgan fingerprint density at radius 2 is 2.00 bits per heavy atom. The smallest absolute Gasteiger partial charge is 0.296 e. The van der Waals surface area contributed by atoms with E-state index in [9.17, 15) is 18.0 Å². The average Bonchev–Trinajstić information content (AvgIpc) is 2.02. The van der Waals surface area contributed by atoms with Crippen molar-refractivity contribution >= 4 is 17.9 Å². The summed E-state index contributed by atoms with van der Waals surface area (Å²) in [5, 5.41) is -0.773. The van der Waals surface area contributed by atoms with E-state index in [1.54, 1.807) is 0 Å². The zero-order chi connectivity index (χ0) is 10.1. The molecule has 0 saturated carbocycles. The summed E-state index contributed by atoms with van der Waals surface area (Å²) in [6.07, 6.45) is -3.89. The first-order chi connectivity index (χ1) is 5.96. The molecule has 0 aromatic carbocycles. The molecule has 0 atom stereocenters. The monoisotopic (exact) mass is 210 g/mol. The highest BCUT2D eigenvalue weighted by atomic mass is 35.5. The van der Waals surface area contributed by atoms with Crippen molar-refractivity contribution in [2.75, 3.05) is 0 Å². The summed E-state index contributed by atoms with van der Waals surface area (Å²) in [7, 11) is 0. The third-order valence-corrected chi connectivity index (χ3v) is 1.57. The van der Waals surface area contributed by atoms with Crippen molar-refractivity contribution in [2.24, 2.45) is 0 Å². The van der Waals surface area contributed by atoms with Crippen LogP contribution in [0.15, 0.2) is 6.33 Å². The molecule has 0 bridgehead atoms. The summed E-state index contributed by atoms with van der Waals surface area (Å²) < 4.78 is 36.2. The van der Waals surface area contributed by atoms with Crippen molar-refractivity contribution in [2.45, 2.75) is 6.18 Å². The molecule has 13 heavy (non-hydrogen) atoms. The fourth-order valence-electron chi connectivity index (χ4n) is 0.663. The summed E-state index contributed by atoms with van der Waals surface area (Å²) >= 11 is 5.22. The first kappa shape index (κ1) is 9.91. The van der Waals surface area contributed by atoms with E-state index in [1.165, 1.54) is 0 Å². The molecule has 1 aromatic rings. The molecule has 70 valence electrons. The van der Waals surface area contributed by atoms with Gasteiger partial charge in [-0.2, -0.15) is 13.2 Å². The van der Waals surface area contributed by atoms with Crippen LogP contribution in [0.3, 0.4) is 0 Å². The molecule has 1 heterocycles. The number of rotatable bonds is 1. The summed E-state index contributed by atoms with van der Waals surface area (Å²) in [5.74, 6) is 0. The first-order valence-corrected chi connectivity index (χ1v) is 3.37. The quantitative estimate of drug-likeness (QED) is 0.666. The Hall–Kier alpha value is -1.17. The van der Waals surface area contributed by atoms with Gasteiger partial charge in [0.1, 0.15) is 17.0 Å². The van der Waals surface area contributed by atoms with E-state index in [0.717, 1.165) is 0 Å². The minimum Gasteiger partial charge on any atom is -0.296 e. The Bertz CT molecular complexity index is 339. The number of aldehydes is 1. The van der Waals surface area contributed by atoms with E-state index in [-0.39, 0.29) is 6.29 Å². The van der Waals surface area contributed by atoms with Gasteiger partial charge in [-0.1, -0.05) is 11.6 Å². The van der Waals surface area contributed by atoms with Gasteiger partial charge in [-0.3, -0.25) is 4.79 Å². The number of hydrogen-bond acceptors (Lipinski definition) is 3. The predicted molar refractivity (Wildman–Crippen MR) is 37.4 cm³/mol. The Labute approximate surface area is 75.6 Å². The van der Waals surface area contributed by atoms with Gasteiger partial charge in [0, 0.05) is 0 Å². The first-order valence-electron chi connectivity index (χ1n) is 2.99. The molecule has 0 amide bonds. The van der Waals surface area contributed by atoms with E-state index in [2.05, 4.69) is 9.97 Å². The maximum atomic E-state index is 12.1. The van der Waals surface area contributed by atoms with Gasteiger partial charge in [-0.25, -0.2) is 9.97 Å². The number of alkyl halides is 3. The lowest BCUT2D eigenvalue weighted by atomic mass is 10.3. The lowest BCUT2D eigenvalue weighted by Gasteiger charge is -2.06. The minimum atomic E-state index is -4.67. The predicted octanol–water partition coefficient (Wildman–Crippen LogP) is 1.96. The van der Waals surface area contributed by atoms with Crippen LogP contribution in [0.1, 0.15) is 16.2 Å². The Morgan fingerprint density at radius 1 is 1.38 bits per heavy atom. The molecule has 0 N–H and O–H groups in total. The number of aromatic nitrogens is 2. The van der Waals surface area contributed by atoms with Crippen LogP contribution in [0, 0.1) is 0 Å². The van der Waals surface area contributed by atoms with E-state index < -0.39 is 22.6 Å². The van der Waals surface area contributed by atoms with Gasteiger partial charge >= 0.3 is 6.18 Å². The van der Waals surface area contributed by atoms with Gasteiger partial charge in [-0.15, -0.1) is 0 Å². The molecule has 0 spiro atoms. The third-order valence-electron chi connectivity index (χ3n) is 1.20. The standard InChI is InChI=1S/C6H2ClF3N2O/c7-4-3(1-13)11-2-12-5(4)6(8,9)10/h1-2H. The number of halogens is 4. The van der Waals surface area contributed by atoms with Gasteiger partial charge in [-0.05, 0) is 0 Å². The SMILES string of the molecule is O=Cc1ncnc(C(F)(F)F)c1Cl. The van der Waals surface area contributed by atoms with Crippen LogP contribution in [-0.4, -0.2) is 16.3 Å². The molecular weight excluding hydrogens is 209 g/mol. The van der Waals surface area contributed by atoms with Crippen molar-refractivity contribution < 1.29 is 18.0 Å². The lowest BCUT2D eigenvalue weighted by molar-refractivity contribution is -0.141. The van der Waals surface area contributed by atoms with E-state index in [0.29, 0.717) is 6.33 Å². The van der Waals surface area contributed by atoms with Crippen LogP contribution in [0.5, 0.6) is 0 Å². The van der Waals surface area contributed by atoms with Crippen LogP contribution in [-0.2, 0) is 6.18 Å². The molecule has 0 aliphatic rings.